The summed E-state index contributed by atoms with van der Waals surface area (Å²) in [5.41, 5.74) is 2.09. The Labute approximate surface area is 82.5 Å². The largest absolute Gasteiger partial charge is 0.294 e. The Hall–Kier alpha value is -0.760. The minimum absolute atomic E-state index is 0.180. The smallest absolute Gasteiger partial charge is 0.167 e. The summed E-state index contributed by atoms with van der Waals surface area (Å²) in [5.74, 6) is 1.41. The Balaban J connectivity index is 2.51. The van der Waals surface area contributed by atoms with Crippen LogP contribution in [0.3, 0.4) is 0 Å². The minimum atomic E-state index is 0.180. The van der Waals surface area contributed by atoms with E-state index < -0.39 is 0 Å². The molecule has 0 saturated carbocycles. The van der Waals surface area contributed by atoms with Gasteiger partial charge in [-0.3, -0.25) is 4.79 Å². The summed E-state index contributed by atoms with van der Waals surface area (Å²) in [6.07, 6.45) is 0. The van der Waals surface area contributed by atoms with E-state index in [1.54, 1.807) is 11.8 Å². The SMILES string of the molecule is Cc1ccc2c(c1)C(=O)[C@@H](C)CS2. The molecule has 1 aromatic carbocycles. The molecule has 0 bridgehead atoms. The Bertz CT molecular complexity index is 357. The average Bonchev–Trinajstić information content (AvgIpc) is 2.12. The standard InChI is InChI=1S/C11H12OS/c1-7-3-4-10-9(5-7)11(12)8(2)6-13-10/h3-5,8H,6H2,1-2H3/t8-/m0/s1. The number of Topliss-reactive ketones (excluding diaryl/α,β-unsaturated/α-hetero) is 1. The van der Waals surface area contributed by atoms with Crippen LogP contribution in [0.15, 0.2) is 23.1 Å². The van der Waals surface area contributed by atoms with Gasteiger partial charge in [-0.1, -0.05) is 18.6 Å². The van der Waals surface area contributed by atoms with Crippen molar-refractivity contribution in [3.8, 4) is 0 Å². The Kier molecular flexibility index (Phi) is 2.16. The van der Waals surface area contributed by atoms with E-state index >= 15 is 0 Å². The number of benzene rings is 1. The predicted molar refractivity (Wildman–Crippen MR) is 55.4 cm³/mol. The quantitative estimate of drug-likeness (QED) is 0.628. The van der Waals surface area contributed by atoms with Gasteiger partial charge in [0.25, 0.3) is 0 Å². The minimum Gasteiger partial charge on any atom is -0.294 e. The number of ketones is 1. The van der Waals surface area contributed by atoms with Gasteiger partial charge in [0.1, 0.15) is 0 Å². The fourth-order valence-electron chi connectivity index (χ4n) is 1.52. The fraction of sp³-hybridized carbons (Fsp3) is 0.364. The zero-order chi connectivity index (χ0) is 9.42. The third-order valence-electron chi connectivity index (χ3n) is 2.34. The number of fused-ring (bicyclic) bond motifs is 1. The number of carbonyl (C=O) groups is 1. The second-order valence-electron chi connectivity index (χ2n) is 3.58. The maximum absolute atomic E-state index is 11.8. The van der Waals surface area contributed by atoms with Crippen molar-refractivity contribution in [2.45, 2.75) is 18.7 Å². The van der Waals surface area contributed by atoms with E-state index in [1.165, 1.54) is 5.56 Å². The molecular weight excluding hydrogens is 180 g/mol. The lowest BCUT2D eigenvalue weighted by Gasteiger charge is -2.19. The Morgan fingerprint density at radius 2 is 2.23 bits per heavy atom. The number of carbonyl (C=O) groups excluding carboxylic acids is 1. The lowest BCUT2D eigenvalue weighted by atomic mass is 9.99. The van der Waals surface area contributed by atoms with Crippen molar-refractivity contribution in [1.29, 1.82) is 0 Å². The first kappa shape index (κ1) is 8.82. The summed E-state index contributed by atoms with van der Waals surface area (Å²) in [5, 5.41) is 0. The zero-order valence-corrected chi connectivity index (χ0v) is 8.65. The van der Waals surface area contributed by atoms with E-state index in [2.05, 4.69) is 12.1 Å². The second-order valence-corrected chi connectivity index (χ2v) is 4.64. The molecule has 0 N–H and O–H groups in total. The summed E-state index contributed by atoms with van der Waals surface area (Å²) in [7, 11) is 0. The maximum Gasteiger partial charge on any atom is 0.167 e. The van der Waals surface area contributed by atoms with Gasteiger partial charge in [-0.25, -0.2) is 0 Å². The first-order chi connectivity index (χ1) is 6.18. The highest BCUT2D eigenvalue weighted by molar-refractivity contribution is 7.99. The van der Waals surface area contributed by atoms with Crippen LogP contribution in [-0.4, -0.2) is 11.5 Å². The fourth-order valence-corrected chi connectivity index (χ4v) is 2.58. The van der Waals surface area contributed by atoms with Crippen molar-refractivity contribution in [2.75, 3.05) is 5.75 Å². The van der Waals surface area contributed by atoms with Crippen LogP contribution in [0.4, 0.5) is 0 Å². The monoisotopic (exact) mass is 192 g/mol. The molecule has 0 radical (unpaired) electrons. The second kappa shape index (κ2) is 3.18. The number of aryl methyl sites for hydroxylation is 1. The predicted octanol–water partition coefficient (Wildman–Crippen LogP) is 2.92. The molecule has 1 heterocycles. The number of rotatable bonds is 0. The van der Waals surface area contributed by atoms with E-state index in [1.807, 2.05) is 19.9 Å². The van der Waals surface area contributed by atoms with Gasteiger partial charge in [0.15, 0.2) is 5.78 Å². The molecule has 2 heteroatoms. The molecule has 1 atom stereocenters. The third kappa shape index (κ3) is 1.51. The highest BCUT2D eigenvalue weighted by Crippen LogP contribution is 2.32. The molecule has 0 fully saturated rings. The zero-order valence-electron chi connectivity index (χ0n) is 7.83. The highest BCUT2D eigenvalue weighted by Gasteiger charge is 2.23. The number of thioether (sulfide) groups is 1. The molecule has 0 amide bonds. The van der Waals surface area contributed by atoms with Gasteiger partial charge in [0.05, 0.1) is 0 Å². The van der Waals surface area contributed by atoms with Crippen molar-refractivity contribution in [1.82, 2.24) is 0 Å². The number of hydrogen-bond acceptors (Lipinski definition) is 2. The molecule has 1 nitrogen and oxygen atoms in total. The van der Waals surface area contributed by atoms with Crippen molar-refractivity contribution in [3.63, 3.8) is 0 Å². The summed E-state index contributed by atoms with van der Waals surface area (Å²) >= 11 is 1.79. The average molecular weight is 192 g/mol. The maximum atomic E-state index is 11.8. The first-order valence-corrected chi connectivity index (χ1v) is 5.44. The summed E-state index contributed by atoms with van der Waals surface area (Å²) in [6.45, 7) is 4.03. The van der Waals surface area contributed by atoms with E-state index in [-0.39, 0.29) is 5.92 Å². The molecule has 2 rings (SSSR count). The van der Waals surface area contributed by atoms with Crippen LogP contribution < -0.4 is 0 Å². The molecule has 0 spiro atoms. The molecular formula is C11H12OS. The summed E-state index contributed by atoms with van der Waals surface area (Å²) in [4.78, 5) is 12.9. The molecule has 0 unspecified atom stereocenters. The molecule has 0 aliphatic carbocycles. The Morgan fingerprint density at radius 3 is 3.00 bits per heavy atom. The van der Waals surface area contributed by atoms with Gasteiger partial charge in [-0.15, -0.1) is 11.8 Å². The van der Waals surface area contributed by atoms with Gasteiger partial charge in [-0.2, -0.15) is 0 Å². The van der Waals surface area contributed by atoms with Crippen molar-refractivity contribution in [2.24, 2.45) is 5.92 Å². The first-order valence-electron chi connectivity index (χ1n) is 4.46. The van der Waals surface area contributed by atoms with Gasteiger partial charge < -0.3 is 0 Å². The lowest BCUT2D eigenvalue weighted by molar-refractivity contribution is 0.0936. The molecule has 1 aliphatic rings. The van der Waals surface area contributed by atoms with Gasteiger partial charge in [0.2, 0.25) is 0 Å². The van der Waals surface area contributed by atoms with E-state index in [0.29, 0.717) is 5.78 Å². The third-order valence-corrected chi connectivity index (χ3v) is 3.67. The van der Waals surface area contributed by atoms with Gasteiger partial charge in [-0.05, 0) is 19.1 Å². The molecule has 13 heavy (non-hydrogen) atoms. The topological polar surface area (TPSA) is 17.1 Å². The van der Waals surface area contributed by atoms with Gasteiger partial charge >= 0.3 is 0 Å². The van der Waals surface area contributed by atoms with Gasteiger partial charge in [0, 0.05) is 22.1 Å². The lowest BCUT2D eigenvalue weighted by Crippen LogP contribution is -2.19. The normalized spacial score (nSPS) is 21.4. The van der Waals surface area contributed by atoms with E-state index in [4.69, 9.17) is 0 Å². The van der Waals surface area contributed by atoms with Crippen LogP contribution in [-0.2, 0) is 0 Å². The van der Waals surface area contributed by atoms with Crippen molar-refractivity contribution in [3.05, 3.63) is 29.3 Å². The molecule has 1 aromatic rings. The molecule has 1 aliphatic heterocycles. The van der Waals surface area contributed by atoms with Crippen LogP contribution in [0.1, 0.15) is 22.8 Å². The van der Waals surface area contributed by atoms with Crippen molar-refractivity contribution >= 4 is 17.5 Å². The van der Waals surface area contributed by atoms with Crippen LogP contribution in [0, 0.1) is 12.8 Å². The highest BCUT2D eigenvalue weighted by atomic mass is 32.2. The Morgan fingerprint density at radius 1 is 1.46 bits per heavy atom. The molecule has 0 aromatic heterocycles. The van der Waals surface area contributed by atoms with Crippen LogP contribution in [0.5, 0.6) is 0 Å². The molecule has 68 valence electrons. The molecule has 0 saturated heterocycles. The summed E-state index contributed by atoms with van der Waals surface area (Å²) in [6, 6.07) is 6.12. The summed E-state index contributed by atoms with van der Waals surface area (Å²) < 4.78 is 0. The van der Waals surface area contributed by atoms with Crippen molar-refractivity contribution < 1.29 is 4.79 Å². The van der Waals surface area contributed by atoms with Crippen LogP contribution in [0.25, 0.3) is 0 Å². The van der Waals surface area contributed by atoms with E-state index in [9.17, 15) is 4.79 Å². The van der Waals surface area contributed by atoms with E-state index in [0.717, 1.165) is 16.2 Å². The number of hydrogen-bond donors (Lipinski definition) is 0. The van der Waals surface area contributed by atoms with Crippen LogP contribution in [0.2, 0.25) is 0 Å². The van der Waals surface area contributed by atoms with Crippen LogP contribution >= 0.6 is 11.8 Å².